The predicted molar refractivity (Wildman–Crippen MR) is 36.6 cm³/mol. The molecule has 0 aliphatic carbocycles. The molecule has 0 radical (unpaired) electrons. The van der Waals surface area contributed by atoms with E-state index in [0.29, 0.717) is 0 Å². The molecule has 2 N–H and O–H groups in total. The Bertz CT molecular complexity index is 224. The van der Waals surface area contributed by atoms with Crippen LogP contribution in [0.3, 0.4) is 0 Å². The van der Waals surface area contributed by atoms with Crippen molar-refractivity contribution in [1.82, 2.24) is 10.2 Å². The molecule has 1 rings (SSSR count). The number of carboxylic acid groups (broad SMARTS) is 1. The van der Waals surface area contributed by atoms with Crippen molar-refractivity contribution in [3.05, 3.63) is 12.4 Å². The van der Waals surface area contributed by atoms with Gasteiger partial charge in [-0.1, -0.05) is 0 Å². The van der Waals surface area contributed by atoms with E-state index in [4.69, 9.17) is 5.11 Å². The van der Waals surface area contributed by atoms with E-state index in [1.165, 1.54) is 19.3 Å². The van der Waals surface area contributed by atoms with Gasteiger partial charge in [-0.2, -0.15) is 0 Å². The van der Waals surface area contributed by atoms with E-state index in [1.807, 2.05) is 0 Å². The van der Waals surface area contributed by atoms with Crippen LogP contribution in [0.2, 0.25) is 0 Å². The van der Waals surface area contributed by atoms with Crippen LogP contribution in [0.5, 0.6) is 0 Å². The molecule has 1 unspecified atom stereocenters. The fourth-order valence-corrected chi connectivity index (χ4v) is 0.805. The molecular weight excluding hydrogens is 148 g/mol. The Morgan fingerprint density at radius 2 is 2.45 bits per heavy atom. The molecular formula is C6H8N2O3. The highest BCUT2D eigenvalue weighted by Crippen LogP contribution is 2.04. The van der Waals surface area contributed by atoms with E-state index >= 15 is 0 Å². The molecule has 1 aliphatic rings. The minimum absolute atomic E-state index is 0.310. The van der Waals surface area contributed by atoms with Crippen molar-refractivity contribution >= 4 is 12.0 Å². The molecule has 1 atom stereocenters. The monoisotopic (exact) mass is 156 g/mol. The number of nitrogens with one attached hydrogen (secondary N) is 1. The summed E-state index contributed by atoms with van der Waals surface area (Å²) in [5.41, 5.74) is 0. The van der Waals surface area contributed by atoms with Gasteiger partial charge in [0.15, 0.2) is 0 Å². The largest absolute Gasteiger partial charge is 0.465 e. The second-order valence-corrected chi connectivity index (χ2v) is 2.19. The highest BCUT2D eigenvalue weighted by molar-refractivity contribution is 5.87. The molecule has 5 heteroatoms. The Labute approximate surface area is 63.3 Å². The molecule has 60 valence electrons. The van der Waals surface area contributed by atoms with Crippen LogP contribution in [0.15, 0.2) is 12.4 Å². The lowest BCUT2D eigenvalue weighted by Gasteiger charge is -2.24. The second kappa shape index (κ2) is 2.61. The first-order valence-corrected chi connectivity index (χ1v) is 3.11. The topological polar surface area (TPSA) is 69.6 Å². The molecule has 0 fully saturated rings. The van der Waals surface area contributed by atoms with Crippen LogP contribution in [-0.4, -0.2) is 28.0 Å². The zero-order valence-electron chi connectivity index (χ0n) is 5.94. The summed E-state index contributed by atoms with van der Waals surface area (Å²) in [6.45, 7) is 1.52. The van der Waals surface area contributed by atoms with Crippen molar-refractivity contribution < 1.29 is 14.7 Å². The Balaban J connectivity index is 2.80. The molecule has 0 saturated heterocycles. The highest BCUT2D eigenvalue weighted by atomic mass is 16.4. The van der Waals surface area contributed by atoms with E-state index < -0.39 is 12.1 Å². The summed E-state index contributed by atoms with van der Waals surface area (Å²) in [5.74, 6) is -0.310. The number of amides is 2. The third-order valence-corrected chi connectivity index (χ3v) is 1.48. The van der Waals surface area contributed by atoms with Crippen LogP contribution in [-0.2, 0) is 4.79 Å². The van der Waals surface area contributed by atoms with E-state index in [0.717, 1.165) is 4.90 Å². The molecule has 11 heavy (non-hydrogen) atoms. The fourth-order valence-electron chi connectivity index (χ4n) is 0.805. The predicted octanol–water partition coefficient (Wildman–Crippen LogP) is -0.0441. The van der Waals surface area contributed by atoms with Gasteiger partial charge in [-0.25, -0.2) is 4.79 Å². The first-order chi connectivity index (χ1) is 5.13. The normalized spacial score (nSPS) is 23.2. The van der Waals surface area contributed by atoms with Gasteiger partial charge in [0.2, 0.25) is 5.91 Å². The van der Waals surface area contributed by atoms with Gasteiger partial charge in [-0.05, 0) is 6.92 Å². The minimum atomic E-state index is -1.12. The van der Waals surface area contributed by atoms with Crippen LogP contribution in [0.25, 0.3) is 0 Å². The number of carbonyl (C=O) groups excluding carboxylic acids is 1. The van der Waals surface area contributed by atoms with E-state index in [9.17, 15) is 9.59 Å². The summed E-state index contributed by atoms with van der Waals surface area (Å²) in [5, 5.41) is 10.9. The van der Waals surface area contributed by atoms with Gasteiger partial charge in [-0.15, -0.1) is 0 Å². The molecule has 1 heterocycles. The lowest BCUT2D eigenvalue weighted by atomic mass is 10.2. The van der Waals surface area contributed by atoms with Crippen molar-refractivity contribution in [1.29, 1.82) is 0 Å². The lowest BCUT2D eigenvalue weighted by molar-refractivity contribution is -0.124. The van der Waals surface area contributed by atoms with Gasteiger partial charge >= 0.3 is 6.09 Å². The van der Waals surface area contributed by atoms with Crippen LogP contribution in [0, 0.1) is 0 Å². The Kier molecular flexibility index (Phi) is 1.80. The number of hydrogen-bond acceptors (Lipinski definition) is 2. The smallest absolute Gasteiger partial charge is 0.412 e. The van der Waals surface area contributed by atoms with Gasteiger partial charge in [0.05, 0.1) is 0 Å². The first kappa shape index (κ1) is 7.59. The number of rotatable bonds is 0. The molecule has 0 aromatic rings. The highest BCUT2D eigenvalue weighted by Gasteiger charge is 2.25. The van der Waals surface area contributed by atoms with Crippen LogP contribution >= 0.6 is 0 Å². The summed E-state index contributed by atoms with van der Waals surface area (Å²) >= 11 is 0. The third-order valence-electron chi connectivity index (χ3n) is 1.48. The minimum Gasteiger partial charge on any atom is -0.465 e. The quantitative estimate of drug-likeness (QED) is 0.516. The number of nitrogens with zero attached hydrogens (tertiary/aromatic N) is 1. The SMILES string of the molecule is CC1C(=O)NC=CN1C(=O)O. The number of carbonyl (C=O) groups is 2. The third kappa shape index (κ3) is 1.31. The van der Waals surface area contributed by atoms with Crippen molar-refractivity contribution in [3.63, 3.8) is 0 Å². The van der Waals surface area contributed by atoms with E-state index in [1.54, 1.807) is 0 Å². The van der Waals surface area contributed by atoms with E-state index in [2.05, 4.69) is 5.32 Å². The van der Waals surface area contributed by atoms with Gasteiger partial charge in [0, 0.05) is 12.4 Å². The standard InChI is InChI=1S/C6H8N2O3/c1-4-5(9)7-2-3-8(4)6(10)11/h2-4H,1H3,(H,7,9)(H,10,11). The zero-order valence-corrected chi connectivity index (χ0v) is 5.94. The molecule has 5 nitrogen and oxygen atoms in total. The van der Waals surface area contributed by atoms with Crippen molar-refractivity contribution in [2.24, 2.45) is 0 Å². The average Bonchev–Trinajstić information content (AvgIpc) is 1.94. The van der Waals surface area contributed by atoms with Crippen LogP contribution in [0.4, 0.5) is 4.79 Å². The lowest BCUT2D eigenvalue weighted by Crippen LogP contribution is -2.46. The van der Waals surface area contributed by atoms with Gasteiger partial charge < -0.3 is 10.4 Å². The maximum absolute atomic E-state index is 10.8. The summed E-state index contributed by atoms with van der Waals surface area (Å²) in [4.78, 5) is 22.2. The van der Waals surface area contributed by atoms with Gasteiger partial charge in [0.1, 0.15) is 6.04 Å². The summed E-state index contributed by atoms with van der Waals surface area (Å²) in [6.07, 6.45) is 1.49. The first-order valence-electron chi connectivity index (χ1n) is 3.11. The molecule has 0 bridgehead atoms. The maximum atomic E-state index is 10.8. The maximum Gasteiger partial charge on any atom is 0.412 e. The number of hydrogen-bond donors (Lipinski definition) is 2. The second-order valence-electron chi connectivity index (χ2n) is 2.19. The molecule has 1 aliphatic heterocycles. The fraction of sp³-hybridized carbons (Fsp3) is 0.333. The summed E-state index contributed by atoms with van der Waals surface area (Å²) in [6, 6.07) is -0.641. The summed E-state index contributed by atoms with van der Waals surface area (Å²) < 4.78 is 0. The van der Waals surface area contributed by atoms with Gasteiger partial charge in [0.25, 0.3) is 0 Å². The Morgan fingerprint density at radius 1 is 1.82 bits per heavy atom. The molecule has 0 saturated carbocycles. The van der Waals surface area contributed by atoms with E-state index in [-0.39, 0.29) is 5.91 Å². The molecule has 0 aromatic carbocycles. The van der Waals surface area contributed by atoms with Crippen LogP contribution in [0.1, 0.15) is 6.92 Å². The molecule has 2 amide bonds. The molecule has 0 spiro atoms. The summed E-state index contributed by atoms with van der Waals surface area (Å²) in [7, 11) is 0. The Morgan fingerprint density at radius 3 is 2.91 bits per heavy atom. The van der Waals surface area contributed by atoms with Crippen molar-refractivity contribution in [3.8, 4) is 0 Å². The van der Waals surface area contributed by atoms with Crippen molar-refractivity contribution in [2.45, 2.75) is 13.0 Å². The average molecular weight is 156 g/mol. The van der Waals surface area contributed by atoms with Gasteiger partial charge in [-0.3, -0.25) is 9.69 Å². The Hall–Kier alpha value is -1.52. The molecule has 0 aromatic heterocycles. The zero-order chi connectivity index (χ0) is 8.43. The van der Waals surface area contributed by atoms with Crippen LogP contribution < -0.4 is 5.32 Å². The van der Waals surface area contributed by atoms with Crippen molar-refractivity contribution in [2.75, 3.05) is 0 Å².